The van der Waals surface area contributed by atoms with Gasteiger partial charge in [0.25, 0.3) is 0 Å². The van der Waals surface area contributed by atoms with Crippen molar-refractivity contribution in [3.8, 4) is 16.9 Å². The van der Waals surface area contributed by atoms with Crippen LogP contribution < -0.4 is 4.74 Å². The Kier molecular flexibility index (Phi) is 7.20. The maximum Gasteiger partial charge on any atom is 0.191 e. The molecule has 0 saturated heterocycles. The number of hydrogen-bond donors (Lipinski definition) is 0. The van der Waals surface area contributed by atoms with E-state index in [-0.39, 0.29) is 22.6 Å². The fourth-order valence-corrected chi connectivity index (χ4v) is 4.50. The highest BCUT2D eigenvalue weighted by Gasteiger charge is 2.27. The molecule has 2 aromatic carbocycles. The van der Waals surface area contributed by atoms with Crippen molar-refractivity contribution in [1.29, 1.82) is 0 Å². The van der Waals surface area contributed by atoms with Crippen LogP contribution >= 0.6 is 0 Å². The minimum atomic E-state index is -0.966. The second kappa shape index (κ2) is 9.64. The Morgan fingerprint density at radius 2 is 1.55 bits per heavy atom. The van der Waals surface area contributed by atoms with Gasteiger partial charge in [0.1, 0.15) is 11.6 Å². The van der Waals surface area contributed by atoms with Crippen molar-refractivity contribution in [1.82, 2.24) is 0 Å². The normalized spacial score (nSPS) is 19.4. The smallest absolute Gasteiger partial charge is 0.191 e. The Bertz CT molecular complexity index is 818. The van der Waals surface area contributed by atoms with E-state index in [1.807, 2.05) is 0 Å². The number of methoxy groups -OCH3 is 1. The first-order valence-corrected chi connectivity index (χ1v) is 10.5. The lowest BCUT2D eigenvalue weighted by atomic mass is 9.76. The molecule has 5 heteroatoms. The van der Waals surface area contributed by atoms with Gasteiger partial charge in [0.2, 0.25) is 0 Å². The summed E-state index contributed by atoms with van der Waals surface area (Å²) in [6.45, 7) is 2.18. The Hall–Kier alpha value is -2.04. The van der Waals surface area contributed by atoms with Gasteiger partial charge in [-0.1, -0.05) is 32.6 Å². The third-order valence-electron chi connectivity index (χ3n) is 6.11. The number of rotatable bonds is 7. The lowest BCUT2D eigenvalue weighted by Crippen LogP contribution is -2.15. The number of ether oxygens (including phenoxy) is 1. The first-order chi connectivity index (χ1) is 14.0. The summed E-state index contributed by atoms with van der Waals surface area (Å²) in [6, 6.07) is 4.48. The average molecular weight is 408 g/mol. The molecule has 2 aromatic rings. The molecule has 0 spiro atoms. The summed E-state index contributed by atoms with van der Waals surface area (Å²) >= 11 is 0. The van der Waals surface area contributed by atoms with Gasteiger partial charge in [-0.2, -0.15) is 0 Å². The third kappa shape index (κ3) is 4.76. The molecule has 0 amide bonds. The first-order valence-electron chi connectivity index (χ1n) is 10.5. The van der Waals surface area contributed by atoms with E-state index in [1.54, 1.807) is 0 Å². The van der Waals surface area contributed by atoms with Gasteiger partial charge in [-0.15, -0.1) is 0 Å². The maximum atomic E-state index is 14.9. The van der Waals surface area contributed by atoms with E-state index in [0.717, 1.165) is 51.0 Å². The molecule has 1 fully saturated rings. The van der Waals surface area contributed by atoms with Crippen molar-refractivity contribution in [2.75, 3.05) is 7.11 Å². The Morgan fingerprint density at radius 1 is 0.897 bits per heavy atom. The monoisotopic (exact) mass is 408 g/mol. The Labute approximate surface area is 170 Å². The Balaban J connectivity index is 1.79. The van der Waals surface area contributed by atoms with Crippen molar-refractivity contribution >= 4 is 0 Å². The summed E-state index contributed by atoms with van der Waals surface area (Å²) in [7, 11) is 1.15. The quantitative estimate of drug-likeness (QED) is 0.336. The molecular formula is C24H28F4O. The molecule has 3 rings (SSSR count). The molecule has 0 atom stereocenters. The van der Waals surface area contributed by atoms with E-state index >= 15 is 0 Å². The van der Waals surface area contributed by atoms with Gasteiger partial charge in [-0.05, 0) is 67.3 Å². The summed E-state index contributed by atoms with van der Waals surface area (Å²) in [5.74, 6) is -3.24. The van der Waals surface area contributed by atoms with E-state index in [1.165, 1.54) is 31.7 Å². The number of hydrogen-bond acceptors (Lipinski definition) is 1. The highest BCUT2D eigenvalue weighted by atomic mass is 19.1. The molecule has 1 nitrogen and oxygen atoms in total. The molecule has 158 valence electrons. The first kappa shape index (κ1) is 21.7. The summed E-state index contributed by atoms with van der Waals surface area (Å²) in [5.41, 5.74) is 0.0373. The maximum absolute atomic E-state index is 14.9. The topological polar surface area (TPSA) is 9.23 Å². The van der Waals surface area contributed by atoms with Crippen LogP contribution in [0.3, 0.4) is 0 Å². The van der Waals surface area contributed by atoms with Crippen molar-refractivity contribution in [2.24, 2.45) is 5.92 Å². The number of halogens is 4. The Morgan fingerprint density at radius 3 is 2.14 bits per heavy atom. The SMILES string of the molecule is CCCCCC1CCC(c2c(F)cc(-c3ccc(F)c(OC)c3F)cc2F)CC1. The summed E-state index contributed by atoms with van der Waals surface area (Å²) < 4.78 is 62.6. The van der Waals surface area contributed by atoms with Crippen LogP contribution in [0.15, 0.2) is 24.3 Å². The number of unbranched alkanes of at least 4 members (excludes halogenated alkanes) is 2. The highest BCUT2D eigenvalue weighted by Crippen LogP contribution is 2.41. The molecular weight excluding hydrogens is 380 g/mol. The van der Waals surface area contributed by atoms with Gasteiger partial charge in [-0.3, -0.25) is 0 Å². The van der Waals surface area contributed by atoms with E-state index in [4.69, 9.17) is 4.74 Å². The molecule has 0 bridgehead atoms. The third-order valence-corrected chi connectivity index (χ3v) is 6.11. The van der Waals surface area contributed by atoms with Crippen LogP contribution in [0.5, 0.6) is 5.75 Å². The standard InChI is InChI=1S/C24H28F4O/c1-3-4-5-6-15-7-9-16(10-8-15)22-20(26)13-17(14-21(22)27)18-11-12-19(25)24(29-2)23(18)28/h11-16H,3-10H2,1-2H3. The fraction of sp³-hybridized carbons (Fsp3) is 0.500. The van der Waals surface area contributed by atoms with Crippen LogP contribution in [0.2, 0.25) is 0 Å². The molecule has 1 saturated carbocycles. The predicted octanol–water partition coefficient (Wildman–Crippen LogP) is 7.77. The van der Waals surface area contributed by atoms with E-state index in [0.29, 0.717) is 5.92 Å². The average Bonchev–Trinajstić information content (AvgIpc) is 2.69. The minimum Gasteiger partial charge on any atom is -0.491 e. The molecule has 0 unspecified atom stereocenters. The van der Waals surface area contributed by atoms with Crippen molar-refractivity contribution in [3.05, 3.63) is 53.1 Å². The van der Waals surface area contributed by atoms with Crippen LogP contribution in [-0.4, -0.2) is 7.11 Å². The van der Waals surface area contributed by atoms with Crippen molar-refractivity contribution in [3.63, 3.8) is 0 Å². The fourth-order valence-electron chi connectivity index (χ4n) is 4.50. The second-order valence-electron chi connectivity index (χ2n) is 8.01. The van der Waals surface area contributed by atoms with Crippen LogP contribution in [0.1, 0.15) is 69.8 Å². The zero-order valence-corrected chi connectivity index (χ0v) is 17.0. The van der Waals surface area contributed by atoms with Gasteiger partial charge in [-0.25, -0.2) is 17.6 Å². The van der Waals surface area contributed by atoms with E-state index < -0.39 is 29.0 Å². The highest BCUT2D eigenvalue weighted by molar-refractivity contribution is 5.67. The summed E-state index contributed by atoms with van der Waals surface area (Å²) in [6.07, 6.45) is 8.34. The molecule has 29 heavy (non-hydrogen) atoms. The lowest BCUT2D eigenvalue weighted by molar-refractivity contribution is 0.295. The summed E-state index contributed by atoms with van der Waals surface area (Å²) in [4.78, 5) is 0. The van der Waals surface area contributed by atoms with Crippen LogP contribution in [0.25, 0.3) is 11.1 Å². The van der Waals surface area contributed by atoms with Gasteiger partial charge in [0.05, 0.1) is 7.11 Å². The zero-order valence-electron chi connectivity index (χ0n) is 17.0. The molecule has 1 aliphatic rings. The van der Waals surface area contributed by atoms with Crippen molar-refractivity contribution < 1.29 is 22.3 Å². The van der Waals surface area contributed by atoms with Gasteiger partial charge in [0.15, 0.2) is 17.4 Å². The molecule has 0 heterocycles. The zero-order chi connectivity index (χ0) is 21.0. The predicted molar refractivity (Wildman–Crippen MR) is 107 cm³/mol. The van der Waals surface area contributed by atoms with Gasteiger partial charge < -0.3 is 4.74 Å². The lowest BCUT2D eigenvalue weighted by Gasteiger charge is -2.29. The van der Waals surface area contributed by atoms with Gasteiger partial charge in [0, 0.05) is 11.1 Å². The minimum absolute atomic E-state index is 0.0350. The molecule has 1 aliphatic carbocycles. The molecule has 0 aliphatic heterocycles. The molecule has 0 N–H and O–H groups in total. The van der Waals surface area contributed by atoms with Crippen LogP contribution in [-0.2, 0) is 0 Å². The number of benzene rings is 2. The van der Waals surface area contributed by atoms with Crippen molar-refractivity contribution in [2.45, 2.75) is 64.2 Å². The summed E-state index contributed by atoms with van der Waals surface area (Å²) in [5, 5.41) is 0. The van der Waals surface area contributed by atoms with Crippen LogP contribution in [0.4, 0.5) is 17.6 Å². The van der Waals surface area contributed by atoms with E-state index in [9.17, 15) is 17.6 Å². The second-order valence-corrected chi connectivity index (χ2v) is 8.01. The van der Waals surface area contributed by atoms with E-state index in [2.05, 4.69) is 6.92 Å². The molecule has 0 radical (unpaired) electrons. The van der Waals surface area contributed by atoms with Crippen LogP contribution in [0, 0.1) is 29.2 Å². The molecule has 0 aromatic heterocycles. The van der Waals surface area contributed by atoms with Gasteiger partial charge >= 0.3 is 0 Å². The largest absolute Gasteiger partial charge is 0.491 e.